The number of carboxylic acid groups (broad SMARTS) is 1. The van der Waals surface area contributed by atoms with Gasteiger partial charge < -0.3 is 14.4 Å². The van der Waals surface area contributed by atoms with Crippen LogP contribution in [0.5, 0.6) is 5.75 Å². The summed E-state index contributed by atoms with van der Waals surface area (Å²) >= 11 is 1.32. The molecule has 0 amide bonds. The topological polar surface area (TPSA) is 94.3 Å². The third-order valence-electron chi connectivity index (χ3n) is 4.40. The monoisotopic (exact) mass is 425 g/mol. The van der Waals surface area contributed by atoms with E-state index in [2.05, 4.69) is 10.2 Å². The number of nitrogens with zero attached hydrogens (tertiary/aromatic N) is 3. The van der Waals surface area contributed by atoms with Gasteiger partial charge in [0.25, 0.3) is 0 Å². The fourth-order valence-electron chi connectivity index (χ4n) is 2.94. The van der Waals surface area contributed by atoms with Gasteiger partial charge in [0.1, 0.15) is 18.1 Å². The number of ketones is 1. The van der Waals surface area contributed by atoms with E-state index in [4.69, 9.17) is 9.84 Å². The molecule has 0 unspecified atom stereocenters. The number of carbonyl (C=O) groups excluding carboxylic acids is 1. The number of carbonyl (C=O) groups is 2. The van der Waals surface area contributed by atoms with E-state index in [9.17, 15) is 9.59 Å². The highest BCUT2D eigenvalue weighted by Gasteiger charge is 2.14. The van der Waals surface area contributed by atoms with Crippen molar-refractivity contribution in [2.45, 2.75) is 38.6 Å². The second-order valence-electron chi connectivity index (χ2n) is 6.76. The molecule has 0 aliphatic rings. The largest absolute Gasteiger partial charge is 0.486 e. The van der Waals surface area contributed by atoms with E-state index in [-0.39, 0.29) is 23.5 Å². The van der Waals surface area contributed by atoms with Crippen LogP contribution >= 0.6 is 11.8 Å². The predicted octanol–water partition coefficient (Wildman–Crippen LogP) is 3.79. The Morgan fingerprint density at radius 3 is 2.67 bits per heavy atom. The standard InChI is InChI=1S/C22H23N3O4S/c1-3-25-20(13-29-19-9-4-6-15(2)10-19)23-24-22(25)30-14-18(26)12-16-7-5-8-17(11-16)21(27)28/h4-11H,3,12-14H2,1-2H3,(H,27,28). The van der Waals surface area contributed by atoms with Crippen LogP contribution < -0.4 is 4.74 Å². The Bertz CT molecular complexity index is 1050. The minimum Gasteiger partial charge on any atom is -0.486 e. The number of thioether (sulfide) groups is 1. The third kappa shape index (κ3) is 5.70. The van der Waals surface area contributed by atoms with Crippen LogP contribution in [0.15, 0.2) is 53.7 Å². The Kier molecular flexibility index (Phi) is 7.24. The van der Waals surface area contributed by atoms with Crippen LogP contribution in [0.2, 0.25) is 0 Å². The molecular formula is C22H23N3O4S. The van der Waals surface area contributed by atoms with Gasteiger partial charge in [-0.15, -0.1) is 10.2 Å². The van der Waals surface area contributed by atoms with Crippen molar-refractivity contribution in [3.05, 3.63) is 71.0 Å². The Balaban J connectivity index is 1.58. The number of carboxylic acids is 1. The minimum absolute atomic E-state index is 0.00856. The van der Waals surface area contributed by atoms with Crippen LogP contribution in [0, 0.1) is 6.92 Å². The lowest BCUT2D eigenvalue weighted by atomic mass is 10.1. The molecule has 0 aliphatic carbocycles. The normalized spacial score (nSPS) is 10.7. The summed E-state index contributed by atoms with van der Waals surface area (Å²) in [6.07, 6.45) is 0.178. The molecule has 1 N–H and O–H groups in total. The SMILES string of the molecule is CCn1c(COc2cccc(C)c2)nnc1SCC(=O)Cc1cccc(C(=O)O)c1. The van der Waals surface area contributed by atoms with Crippen molar-refractivity contribution in [2.24, 2.45) is 0 Å². The maximum absolute atomic E-state index is 12.4. The summed E-state index contributed by atoms with van der Waals surface area (Å²) in [6, 6.07) is 14.2. The molecule has 0 saturated heterocycles. The first kappa shape index (κ1) is 21.6. The molecule has 0 aliphatic heterocycles. The number of hydrogen-bond acceptors (Lipinski definition) is 6. The van der Waals surface area contributed by atoms with Crippen LogP contribution in [-0.4, -0.2) is 37.4 Å². The van der Waals surface area contributed by atoms with Gasteiger partial charge in [-0.25, -0.2) is 4.79 Å². The molecule has 3 rings (SSSR count). The van der Waals surface area contributed by atoms with Gasteiger partial charge in [0.05, 0.1) is 11.3 Å². The third-order valence-corrected chi connectivity index (χ3v) is 5.43. The van der Waals surface area contributed by atoms with Gasteiger partial charge in [0.15, 0.2) is 11.0 Å². The summed E-state index contributed by atoms with van der Waals surface area (Å²) < 4.78 is 7.75. The number of hydrogen-bond donors (Lipinski definition) is 1. The first-order chi connectivity index (χ1) is 14.5. The van der Waals surface area contributed by atoms with Crippen molar-refractivity contribution < 1.29 is 19.4 Å². The zero-order valence-corrected chi connectivity index (χ0v) is 17.7. The molecule has 156 valence electrons. The molecule has 0 spiro atoms. The first-order valence-corrected chi connectivity index (χ1v) is 10.5. The van der Waals surface area contributed by atoms with Crippen LogP contribution in [0.25, 0.3) is 0 Å². The number of Topliss-reactive ketones (excluding diaryl/α,β-unsaturated/α-hetero) is 1. The molecule has 1 heterocycles. The number of aromatic nitrogens is 3. The lowest BCUT2D eigenvalue weighted by Gasteiger charge is -2.09. The zero-order valence-electron chi connectivity index (χ0n) is 16.9. The first-order valence-electron chi connectivity index (χ1n) is 9.54. The van der Waals surface area contributed by atoms with E-state index in [0.717, 1.165) is 11.3 Å². The van der Waals surface area contributed by atoms with Crippen molar-refractivity contribution in [3.8, 4) is 5.75 Å². The molecular weight excluding hydrogens is 402 g/mol. The van der Waals surface area contributed by atoms with Crippen molar-refractivity contribution in [2.75, 3.05) is 5.75 Å². The van der Waals surface area contributed by atoms with Gasteiger partial charge >= 0.3 is 5.97 Å². The minimum atomic E-state index is -1.00. The average molecular weight is 426 g/mol. The van der Waals surface area contributed by atoms with E-state index in [1.54, 1.807) is 12.1 Å². The highest BCUT2D eigenvalue weighted by atomic mass is 32.2. The highest BCUT2D eigenvalue weighted by molar-refractivity contribution is 7.99. The van der Waals surface area contributed by atoms with E-state index in [1.165, 1.54) is 23.9 Å². The maximum Gasteiger partial charge on any atom is 0.335 e. The number of aryl methyl sites for hydroxylation is 1. The van der Waals surface area contributed by atoms with Gasteiger partial charge in [0, 0.05) is 13.0 Å². The Morgan fingerprint density at radius 2 is 1.93 bits per heavy atom. The Hall–Kier alpha value is -3.13. The molecule has 3 aromatic rings. The molecule has 0 atom stereocenters. The molecule has 0 saturated carbocycles. The molecule has 30 heavy (non-hydrogen) atoms. The Morgan fingerprint density at radius 1 is 1.13 bits per heavy atom. The van der Waals surface area contributed by atoms with Gasteiger partial charge in [-0.05, 0) is 49.2 Å². The number of benzene rings is 2. The molecule has 8 heteroatoms. The summed E-state index contributed by atoms with van der Waals surface area (Å²) in [6.45, 7) is 4.95. The van der Waals surface area contributed by atoms with E-state index >= 15 is 0 Å². The molecule has 1 aromatic heterocycles. The van der Waals surface area contributed by atoms with Crippen molar-refractivity contribution >= 4 is 23.5 Å². The van der Waals surface area contributed by atoms with E-state index in [0.29, 0.717) is 29.7 Å². The van der Waals surface area contributed by atoms with Crippen LogP contribution in [0.4, 0.5) is 0 Å². The smallest absolute Gasteiger partial charge is 0.335 e. The van der Waals surface area contributed by atoms with Gasteiger partial charge in [0.2, 0.25) is 0 Å². The Labute approximate surface area is 179 Å². The quantitative estimate of drug-likeness (QED) is 0.494. The van der Waals surface area contributed by atoms with Crippen molar-refractivity contribution in [1.29, 1.82) is 0 Å². The van der Waals surface area contributed by atoms with Crippen molar-refractivity contribution in [1.82, 2.24) is 14.8 Å². The maximum atomic E-state index is 12.4. The van der Waals surface area contributed by atoms with Crippen LogP contribution in [0.1, 0.15) is 34.2 Å². The highest BCUT2D eigenvalue weighted by Crippen LogP contribution is 2.20. The molecule has 0 fully saturated rings. The number of aromatic carboxylic acids is 1. The number of rotatable bonds is 10. The molecule has 2 aromatic carbocycles. The lowest BCUT2D eigenvalue weighted by Crippen LogP contribution is -2.10. The van der Waals surface area contributed by atoms with E-state index in [1.807, 2.05) is 42.7 Å². The van der Waals surface area contributed by atoms with Gasteiger partial charge in [-0.2, -0.15) is 0 Å². The fourth-order valence-corrected chi connectivity index (χ4v) is 3.82. The van der Waals surface area contributed by atoms with E-state index < -0.39 is 5.97 Å². The van der Waals surface area contributed by atoms with Crippen LogP contribution in [-0.2, 0) is 24.4 Å². The average Bonchev–Trinajstić information content (AvgIpc) is 3.13. The summed E-state index contributed by atoms with van der Waals surface area (Å²) in [5.41, 5.74) is 1.98. The number of ether oxygens (including phenoxy) is 1. The second kappa shape index (κ2) is 10.1. The fraction of sp³-hybridized carbons (Fsp3) is 0.273. The summed E-state index contributed by atoms with van der Waals surface area (Å²) in [7, 11) is 0. The summed E-state index contributed by atoms with van der Waals surface area (Å²) in [5.74, 6) is 0.686. The molecule has 7 nitrogen and oxygen atoms in total. The molecule has 0 radical (unpaired) electrons. The predicted molar refractivity (Wildman–Crippen MR) is 114 cm³/mol. The van der Waals surface area contributed by atoms with Gasteiger partial charge in [-0.3, -0.25) is 4.79 Å². The van der Waals surface area contributed by atoms with Crippen molar-refractivity contribution in [3.63, 3.8) is 0 Å². The lowest BCUT2D eigenvalue weighted by molar-refractivity contribution is -0.116. The zero-order chi connectivity index (χ0) is 21.5. The van der Waals surface area contributed by atoms with Gasteiger partial charge in [-0.1, -0.05) is 36.0 Å². The summed E-state index contributed by atoms with van der Waals surface area (Å²) in [5, 5.41) is 18.1. The molecule has 0 bridgehead atoms. The van der Waals surface area contributed by atoms with Crippen LogP contribution in [0.3, 0.4) is 0 Å². The second-order valence-corrected chi connectivity index (χ2v) is 7.70. The summed E-state index contributed by atoms with van der Waals surface area (Å²) in [4.78, 5) is 23.4.